The van der Waals surface area contributed by atoms with Gasteiger partial charge in [-0.05, 0) is 51.8 Å². The molecule has 0 bridgehead atoms. The molecule has 0 aliphatic carbocycles. The molecule has 0 spiro atoms. The van der Waals surface area contributed by atoms with E-state index in [1.165, 1.54) is 17.2 Å². The maximum absolute atomic E-state index is 11.5. The fourth-order valence-corrected chi connectivity index (χ4v) is 2.72. The lowest BCUT2D eigenvalue weighted by atomic mass is 10.1. The number of rotatable bonds is 6. The Bertz CT molecular complexity index is 998. The Morgan fingerprint density at radius 2 is 1.88 bits per heavy atom. The summed E-state index contributed by atoms with van der Waals surface area (Å²) in [4.78, 5) is 11.5. The summed E-state index contributed by atoms with van der Waals surface area (Å²) in [6.07, 6.45) is 7.98. The molecule has 0 saturated heterocycles. The van der Waals surface area contributed by atoms with Gasteiger partial charge in [-0.25, -0.2) is 4.79 Å². The van der Waals surface area contributed by atoms with Crippen LogP contribution in [0.2, 0.25) is 0 Å². The van der Waals surface area contributed by atoms with Crippen LogP contribution in [0.5, 0.6) is 5.75 Å². The molecule has 0 fully saturated rings. The molecule has 4 heteroatoms. The predicted molar refractivity (Wildman–Crippen MR) is 100 cm³/mol. The van der Waals surface area contributed by atoms with Gasteiger partial charge in [-0.3, -0.25) is 0 Å². The van der Waals surface area contributed by atoms with Gasteiger partial charge in [-0.1, -0.05) is 17.2 Å². The highest BCUT2D eigenvalue weighted by Crippen LogP contribution is 2.35. The first-order valence-electron chi connectivity index (χ1n) is 8.40. The van der Waals surface area contributed by atoms with Gasteiger partial charge >= 0.3 is 5.63 Å². The molecule has 0 amide bonds. The molecule has 0 aliphatic rings. The van der Waals surface area contributed by atoms with E-state index in [1.54, 1.807) is 18.4 Å². The SMILES string of the molecule is CC(C)=CCCC(C)=CCOc1c2ccoc2cc2oc(=O)ccc12. The summed E-state index contributed by atoms with van der Waals surface area (Å²) < 4.78 is 16.7. The molecule has 3 aromatic rings. The summed E-state index contributed by atoms with van der Waals surface area (Å²) in [6, 6.07) is 6.72. The first-order valence-corrected chi connectivity index (χ1v) is 8.40. The highest BCUT2D eigenvalue weighted by molar-refractivity contribution is 6.01. The molecule has 3 rings (SSSR count). The van der Waals surface area contributed by atoms with Crippen molar-refractivity contribution in [3.05, 3.63) is 64.2 Å². The molecular weight excluding hydrogens is 316 g/mol. The van der Waals surface area contributed by atoms with Gasteiger partial charge in [0.2, 0.25) is 0 Å². The van der Waals surface area contributed by atoms with Crippen molar-refractivity contribution < 1.29 is 13.6 Å². The average Bonchev–Trinajstić information content (AvgIpc) is 3.01. The third kappa shape index (κ3) is 4.02. The minimum Gasteiger partial charge on any atom is -0.488 e. The Morgan fingerprint density at radius 1 is 1.08 bits per heavy atom. The summed E-state index contributed by atoms with van der Waals surface area (Å²) in [6.45, 7) is 6.78. The normalized spacial score (nSPS) is 11.9. The number of allylic oxidation sites excluding steroid dienone is 3. The van der Waals surface area contributed by atoms with Gasteiger partial charge in [0.25, 0.3) is 0 Å². The van der Waals surface area contributed by atoms with Crippen LogP contribution in [0.15, 0.2) is 67.5 Å². The van der Waals surface area contributed by atoms with Crippen LogP contribution in [0.1, 0.15) is 33.6 Å². The zero-order chi connectivity index (χ0) is 17.8. The number of hydrogen-bond acceptors (Lipinski definition) is 4. The molecule has 1 aromatic carbocycles. The van der Waals surface area contributed by atoms with Crippen molar-refractivity contribution in [1.29, 1.82) is 0 Å². The number of benzene rings is 1. The first-order chi connectivity index (χ1) is 12.0. The molecule has 2 aromatic heterocycles. The lowest BCUT2D eigenvalue weighted by Crippen LogP contribution is -1.99. The number of ether oxygens (including phenoxy) is 1. The molecule has 0 saturated carbocycles. The van der Waals surface area contributed by atoms with Gasteiger partial charge in [0.15, 0.2) is 0 Å². The standard InChI is InChI=1S/C21H22O4/c1-14(2)5-4-6-15(3)9-11-24-21-16-7-8-20(22)25-19(16)13-18-17(21)10-12-23-18/h5,7-10,12-13H,4,6,11H2,1-3H3. The summed E-state index contributed by atoms with van der Waals surface area (Å²) >= 11 is 0. The van der Waals surface area contributed by atoms with Crippen LogP contribution in [-0.4, -0.2) is 6.61 Å². The van der Waals surface area contributed by atoms with Crippen molar-refractivity contribution in [1.82, 2.24) is 0 Å². The van der Waals surface area contributed by atoms with Crippen LogP contribution < -0.4 is 10.4 Å². The van der Waals surface area contributed by atoms with E-state index in [0.29, 0.717) is 23.5 Å². The van der Waals surface area contributed by atoms with Crippen LogP contribution in [0, 0.1) is 0 Å². The lowest BCUT2D eigenvalue weighted by molar-refractivity contribution is 0.369. The molecule has 0 N–H and O–H groups in total. The third-order valence-corrected chi connectivity index (χ3v) is 4.06. The largest absolute Gasteiger partial charge is 0.488 e. The van der Waals surface area contributed by atoms with Crippen LogP contribution >= 0.6 is 0 Å². The molecule has 0 unspecified atom stereocenters. The average molecular weight is 338 g/mol. The summed E-state index contributed by atoms with van der Waals surface area (Å²) in [7, 11) is 0. The van der Waals surface area contributed by atoms with Crippen molar-refractivity contribution in [3.8, 4) is 5.75 Å². The van der Waals surface area contributed by atoms with Gasteiger partial charge < -0.3 is 13.6 Å². The van der Waals surface area contributed by atoms with E-state index in [4.69, 9.17) is 13.6 Å². The zero-order valence-corrected chi connectivity index (χ0v) is 14.8. The Hall–Kier alpha value is -2.75. The van der Waals surface area contributed by atoms with Crippen molar-refractivity contribution in [2.75, 3.05) is 6.61 Å². The fourth-order valence-electron chi connectivity index (χ4n) is 2.72. The lowest BCUT2D eigenvalue weighted by Gasteiger charge is -2.09. The summed E-state index contributed by atoms with van der Waals surface area (Å²) in [5.41, 5.74) is 3.34. The van der Waals surface area contributed by atoms with Gasteiger partial charge in [0, 0.05) is 12.1 Å². The summed E-state index contributed by atoms with van der Waals surface area (Å²) in [5, 5.41) is 1.64. The third-order valence-electron chi connectivity index (χ3n) is 4.06. The van der Waals surface area contributed by atoms with E-state index < -0.39 is 0 Å². The van der Waals surface area contributed by atoms with E-state index in [-0.39, 0.29) is 5.63 Å². The van der Waals surface area contributed by atoms with Crippen molar-refractivity contribution in [2.24, 2.45) is 0 Å². The van der Waals surface area contributed by atoms with Gasteiger partial charge in [-0.15, -0.1) is 0 Å². The quantitative estimate of drug-likeness (QED) is 0.433. The molecule has 0 aliphatic heterocycles. The molecule has 25 heavy (non-hydrogen) atoms. The Labute approximate surface area is 146 Å². The van der Waals surface area contributed by atoms with Crippen molar-refractivity contribution in [2.45, 2.75) is 33.6 Å². The monoisotopic (exact) mass is 338 g/mol. The van der Waals surface area contributed by atoms with E-state index in [1.807, 2.05) is 6.07 Å². The molecular formula is C21H22O4. The molecule has 130 valence electrons. The smallest absolute Gasteiger partial charge is 0.336 e. The second-order valence-electron chi connectivity index (χ2n) is 6.39. The molecule has 2 heterocycles. The Kier molecular flexibility index (Phi) is 5.08. The van der Waals surface area contributed by atoms with Gasteiger partial charge in [-0.2, -0.15) is 0 Å². The van der Waals surface area contributed by atoms with Crippen LogP contribution in [0.4, 0.5) is 0 Å². The maximum Gasteiger partial charge on any atom is 0.336 e. The minimum absolute atomic E-state index is 0.389. The number of fused-ring (bicyclic) bond motifs is 2. The van der Waals surface area contributed by atoms with E-state index >= 15 is 0 Å². The molecule has 4 nitrogen and oxygen atoms in total. The fraction of sp³-hybridized carbons (Fsp3) is 0.286. The van der Waals surface area contributed by atoms with E-state index in [0.717, 1.165) is 23.6 Å². The van der Waals surface area contributed by atoms with Crippen LogP contribution in [0.25, 0.3) is 21.9 Å². The highest BCUT2D eigenvalue weighted by Gasteiger charge is 2.12. The minimum atomic E-state index is -0.389. The van der Waals surface area contributed by atoms with Crippen LogP contribution in [-0.2, 0) is 0 Å². The molecule has 0 radical (unpaired) electrons. The first kappa shape index (κ1) is 17.1. The Balaban J connectivity index is 1.83. The van der Waals surface area contributed by atoms with Crippen molar-refractivity contribution >= 4 is 21.9 Å². The zero-order valence-electron chi connectivity index (χ0n) is 14.8. The van der Waals surface area contributed by atoms with E-state index in [2.05, 4.69) is 32.9 Å². The maximum atomic E-state index is 11.5. The van der Waals surface area contributed by atoms with Gasteiger partial charge in [0.05, 0.1) is 17.0 Å². The van der Waals surface area contributed by atoms with Crippen molar-refractivity contribution in [3.63, 3.8) is 0 Å². The van der Waals surface area contributed by atoms with Crippen LogP contribution in [0.3, 0.4) is 0 Å². The Morgan fingerprint density at radius 3 is 2.68 bits per heavy atom. The highest BCUT2D eigenvalue weighted by atomic mass is 16.5. The predicted octanol–water partition coefficient (Wildman–Crippen LogP) is 5.61. The van der Waals surface area contributed by atoms with Gasteiger partial charge in [0.1, 0.15) is 23.5 Å². The second-order valence-corrected chi connectivity index (χ2v) is 6.39. The number of furan rings is 1. The number of hydrogen-bond donors (Lipinski definition) is 0. The second kappa shape index (κ2) is 7.43. The van der Waals surface area contributed by atoms with E-state index in [9.17, 15) is 4.79 Å². The molecule has 0 atom stereocenters. The summed E-state index contributed by atoms with van der Waals surface area (Å²) in [5.74, 6) is 0.679. The topological polar surface area (TPSA) is 52.6 Å².